The van der Waals surface area contributed by atoms with Crippen LogP contribution < -0.4 is 10.2 Å². The van der Waals surface area contributed by atoms with Crippen molar-refractivity contribution in [2.75, 3.05) is 6.61 Å². The molecule has 2 aromatic carbocycles. The second-order valence-electron chi connectivity index (χ2n) is 7.57. The summed E-state index contributed by atoms with van der Waals surface area (Å²) in [6.07, 6.45) is 2.30. The normalized spacial score (nSPS) is 13.4. The number of nitriles is 1. The van der Waals surface area contributed by atoms with Gasteiger partial charge in [0.15, 0.2) is 0 Å². The number of hydrogen-bond donors (Lipinski definition) is 2. The molecule has 1 fully saturated rings. The fraction of sp³-hybridized carbons (Fsp3) is 0.227. The molecule has 2 aromatic heterocycles. The van der Waals surface area contributed by atoms with Gasteiger partial charge in [0.05, 0.1) is 35.3 Å². The predicted molar refractivity (Wildman–Crippen MR) is 111 cm³/mol. The molecule has 0 spiro atoms. The molecule has 2 heterocycles. The molecule has 1 saturated carbocycles. The maximum Gasteiger partial charge on any atom is 0.360 e. The first-order valence-corrected chi connectivity index (χ1v) is 9.82. The third kappa shape index (κ3) is 3.48. The predicted octanol–water partition coefficient (Wildman–Crippen LogP) is 2.68. The van der Waals surface area contributed by atoms with Crippen LogP contribution in [0.15, 0.2) is 41.2 Å². The van der Waals surface area contributed by atoms with Crippen LogP contribution in [0.5, 0.6) is 5.75 Å². The first-order valence-electron chi connectivity index (χ1n) is 9.82. The fourth-order valence-electron chi connectivity index (χ4n) is 3.50. The van der Waals surface area contributed by atoms with Crippen molar-refractivity contribution in [3.63, 3.8) is 0 Å². The van der Waals surface area contributed by atoms with Crippen LogP contribution in [0.25, 0.3) is 21.9 Å². The Kier molecular flexibility index (Phi) is 4.40. The van der Waals surface area contributed by atoms with Gasteiger partial charge in [0.1, 0.15) is 17.6 Å². The van der Waals surface area contributed by atoms with E-state index in [4.69, 9.17) is 4.74 Å². The fourth-order valence-corrected chi connectivity index (χ4v) is 3.50. The van der Waals surface area contributed by atoms with E-state index in [1.54, 1.807) is 36.4 Å². The average molecular weight is 415 g/mol. The number of nitrogens with one attached hydrogen (secondary N) is 1. The zero-order valence-electron chi connectivity index (χ0n) is 16.3. The molecule has 1 aliphatic rings. The highest BCUT2D eigenvalue weighted by Crippen LogP contribution is 2.31. The largest absolute Gasteiger partial charge is 0.492 e. The highest BCUT2D eigenvalue weighted by molar-refractivity contribution is 5.90. The number of para-hydroxylation sites is 1. The van der Waals surface area contributed by atoms with Gasteiger partial charge in [-0.3, -0.25) is 9.48 Å². The summed E-state index contributed by atoms with van der Waals surface area (Å²) in [5.41, 5.74) is 1.04. The van der Waals surface area contributed by atoms with Gasteiger partial charge in [-0.1, -0.05) is 12.1 Å². The summed E-state index contributed by atoms with van der Waals surface area (Å²) >= 11 is 0. The maximum absolute atomic E-state index is 12.4. The monoisotopic (exact) mass is 415 g/mol. The number of rotatable bonds is 6. The Hall–Kier alpha value is -4.19. The Morgan fingerprint density at radius 3 is 2.87 bits per heavy atom. The van der Waals surface area contributed by atoms with Crippen molar-refractivity contribution in [1.82, 2.24) is 19.7 Å². The molecule has 0 amide bonds. The summed E-state index contributed by atoms with van der Waals surface area (Å²) in [5.74, 6) is 0.182. The molecule has 0 unspecified atom stereocenters. The molecule has 5 rings (SSSR count). The van der Waals surface area contributed by atoms with Crippen molar-refractivity contribution in [3.8, 4) is 11.8 Å². The van der Waals surface area contributed by atoms with Crippen molar-refractivity contribution in [2.24, 2.45) is 5.92 Å². The smallest absolute Gasteiger partial charge is 0.360 e. The topological polar surface area (TPSA) is 134 Å². The van der Waals surface area contributed by atoms with Gasteiger partial charge >= 0.3 is 5.97 Å². The molecule has 31 heavy (non-hydrogen) atoms. The van der Waals surface area contributed by atoms with E-state index in [2.05, 4.69) is 21.1 Å². The first-order chi connectivity index (χ1) is 15.0. The lowest BCUT2D eigenvalue weighted by Crippen LogP contribution is -2.23. The molecule has 4 aromatic rings. The Labute approximate surface area is 175 Å². The van der Waals surface area contributed by atoms with Crippen molar-refractivity contribution in [1.29, 1.82) is 5.26 Å². The van der Waals surface area contributed by atoms with E-state index in [9.17, 15) is 20.0 Å². The van der Waals surface area contributed by atoms with E-state index < -0.39 is 17.1 Å². The van der Waals surface area contributed by atoms with E-state index in [0.29, 0.717) is 46.2 Å². The van der Waals surface area contributed by atoms with E-state index in [0.717, 1.165) is 12.8 Å². The van der Waals surface area contributed by atoms with Gasteiger partial charge in [0, 0.05) is 11.5 Å². The lowest BCUT2D eigenvalue weighted by molar-refractivity contribution is 0.0686. The van der Waals surface area contributed by atoms with Crippen LogP contribution in [0.2, 0.25) is 0 Å². The number of ether oxygens (including phenoxy) is 1. The molecular formula is C22H17N5O4. The Morgan fingerprint density at radius 1 is 1.32 bits per heavy atom. The third-order valence-electron chi connectivity index (χ3n) is 5.29. The first kappa shape index (κ1) is 18.8. The van der Waals surface area contributed by atoms with Crippen molar-refractivity contribution >= 4 is 27.9 Å². The van der Waals surface area contributed by atoms with Crippen LogP contribution in [0.4, 0.5) is 0 Å². The molecule has 9 heteroatoms. The van der Waals surface area contributed by atoms with Crippen LogP contribution in [-0.4, -0.2) is 37.4 Å². The van der Waals surface area contributed by atoms with Gasteiger partial charge in [0.2, 0.25) is 11.1 Å². The molecule has 154 valence electrons. The number of carboxylic acids is 1. The average Bonchev–Trinajstić information content (AvgIpc) is 3.52. The molecule has 0 saturated heterocycles. The second kappa shape index (κ2) is 7.25. The van der Waals surface area contributed by atoms with E-state index in [1.165, 1.54) is 4.68 Å². The number of carboxylic acid groups (broad SMARTS) is 1. The van der Waals surface area contributed by atoms with Gasteiger partial charge in [0.25, 0.3) is 0 Å². The Balaban J connectivity index is 1.55. The van der Waals surface area contributed by atoms with Crippen LogP contribution in [0.3, 0.4) is 0 Å². The van der Waals surface area contributed by atoms with E-state index in [-0.39, 0.29) is 11.9 Å². The molecule has 0 atom stereocenters. The summed E-state index contributed by atoms with van der Waals surface area (Å²) in [7, 11) is 0. The minimum atomic E-state index is -1.38. The number of carbonyl (C=O) groups is 1. The lowest BCUT2D eigenvalue weighted by atomic mass is 10.2. The summed E-state index contributed by atoms with van der Waals surface area (Å²) in [5, 5.41) is 23.1. The standard InChI is InChI=1S/C22H17N5O4/c23-9-13-7-15-16(8-18(13)31-11-12-5-6-12)25-19(24-15)10-27-17-4-2-1-3-14(17)21(28)20(26-27)22(29)30/h1-4,7-8,12H,5-6,10-11H2,(H,24,25)(H,29,30). The summed E-state index contributed by atoms with van der Waals surface area (Å²) in [6.45, 7) is 0.707. The SMILES string of the molecule is N#Cc1cc2[nH]c(Cn3nc(C(=O)O)c(=O)c4ccccc43)nc2cc1OCC1CC1. The van der Waals surface area contributed by atoms with Gasteiger partial charge in [-0.05, 0) is 37.0 Å². The Bertz CT molecular complexity index is 1440. The van der Waals surface area contributed by atoms with Gasteiger partial charge in [-0.15, -0.1) is 0 Å². The number of benzene rings is 2. The number of hydrogen-bond acceptors (Lipinski definition) is 6. The number of aromatic nitrogens is 4. The van der Waals surface area contributed by atoms with Crippen molar-refractivity contribution < 1.29 is 14.6 Å². The summed E-state index contributed by atoms with van der Waals surface area (Å²) in [6, 6.07) is 12.3. The highest BCUT2D eigenvalue weighted by Gasteiger charge is 2.23. The van der Waals surface area contributed by atoms with Crippen molar-refractivity contribution in [3.05, 3.63) is 63.7 Å². The zero-order valence-corrected chi connectivity index (χ0v) is 16.3. The van der Waals surface area contributed by atoms with Crippen LogP contribution in [0, 0.1) is 17.2 Å². The molecule has 2 N–H and O–H groups in total. The maximum atomic E-state index is 12.4. The minimum absolute atomic E-state index is 0.121. The van der Waals surface area contributed by atoms with Gasteiger partial charge < -0.3 is 14.8 Å². The number of nitrogens with zero attached hydrogens (tertiary/aromatic N) is 4. The Morgan fingerprint density at radius 2 is 2.13 bits per heavy atom. The van der Waals surface area contributed by atoms with Crippen LogP contribution >= 0.6 is 0 Å². The molecule has 0 bridgehead atoms. The molecule has 0 aliphatic heterocycles. The minimum Gasteiger partial charge on any atom is -0.492 e. The third-order valence-corrected chi connectivity index (χ3v) is 5.29. The number of aromatic carboxylic acids is 1. The molecule has 1 aliphatic carbocycles. The zero-order chi connectivity index (χ0) is 21.5. The molecular weight excluding hydrogens is 398 g/mol. The number of imidazole rings is 1. The van der Waals surface area contributed by atoms with Gasteiger partial charge in [-0.25, -0.2) is 9.78 Å². The highest BCUT2D eigenvalue weighted by atomic mass is 16.5. The van der Waals surface area contributed by atoms with E-state index >= 15 is 0 Å². The lowest BCUT2D eigenvalue weighted by Gasteiger charge is -2.09. The molecule has 0 radical (unpaired) electrons. The van der Waals surface area contributed by atoms with Crippen LogP contribution in [0.1, 0.15) is 34.7 Å². The summed E-state index contributed by atoms with van der Waals surface area (Å²) in [4.78, 5) is 31.6. The number of fused-ring (bicyclic) bond motifs is 2. The summed E-state index contributed by atoms with van der Waals surface area (Å²) < 4.78 is 7.24. The molecule has 9 nitrogen and oxygen atoms in total. The van der Waals surface area contributed by atoms with E-state index in [1.807, 2.05) is 0 Å². The number of aromatic amines is 1. The quantitative estimate of drug-likeness (QED) is 0.494. The second-order valence-corrected chi connectivity index (χ2v) is 7.57. The number of H-pyrrole nitrogens is 1. The van der Waals surface area contributed by atoms with Crippen LogP contribution in [-0.2, 0) is 6.54 Å². The van der Waals surface area contributed by atoms with Crippen molar-refractivity contribution in [2.45, 2.75) is 19.4 Å². The van der Waals surface area contributed by atoms with Gasteiger partial charge in [-0.2, -0.15) is 10.4 Å².